The maximum atomic E-state index is 11.5. The Balaban J connectivity index is 2.99. The van der Waals surface area contributed by atoms with Crippen molar-refractivity contribution in [2.75, 3.05) is 20.8 Å². The normalized spacial score (nSPS) is 11.8. The molecule has 0 fully saturated rings. The molecule has 0 aliphatic carbocycles. The van der Waals surface area contributed by atoms with Crippen molar-refractivity contribution >= 4 is 18.6 Å². The van der Waals surface area contributed by atoms with Crippen LogP contribution in [-0.2, 0) is 9.53 Å². The van der Waals surface area contributed by atoms with Crippen molar-refractivity contribution in [3.8, 4) is 11.8 Å². The van der Waals surface area contributed by atoms with Crippen LogP contribution in [0.1, 0.15) is 18.0 Å². The number of hydrogen-bond donors (Lipinski definition) is 1. The summed E-state index contributed by atoms with van der Waals surface area (Å²) in [5, 5.41) is -0.862. The van der Waals surface area contributed by atoms with Crippen molar-refractivity contribution < 1.29 is 19.0 Å². The van der Waals surface area contributed by atoms with E-state index in [9.17, 15) is 4.79 Å². The molecule has 0 aromatic carbocycles. The average molecular weight is 258 g/mol. The van der Waals surface area contributed by atoms with Crippen molar-refractivity contribution in [2.45, 2.75) is 12.2 Å². The molecule has 1 rings (SSSR count). The lowest BCUT2D eigenvalue weighted by Crippen LogP contribution is -2.14. The van der Waals surface area contributed by atoms with E-state index in [1.807, 2.05) is 0 Å². The number of ether oxygens (including phenoxy) is 3. The van der Waals surface area contributed by atoms with Gasteiger partial charge in [-0.25, -0.2) is 0 Å². The summed E-state index contributed by atoms with van der Waals surface area (Å²) in [6, 6.07) is 1.51. The molecule has 6 nitrogen and oxygen atoms in total. The van der Waals surface area contributed by atoms with Crippen molar-refractivity contribution in [3.63, 3.8) is 0 Å². The Morgan fingerprint density at radius 3 is 2.29 bits per heavy atom. The predicted octanol–water partition coefficient (Wildman–Crippen LogP) is 1.03. The molecule has 0 radical (unpaired) electrons. The molecular formula is C10H14N2O4S. The molecular weight excluding hydrogens is 244 g/mol. The minimum Gasteiger partial charge on any atom is -0.481 e. The van der Waals surface area contributed by atoms with E-state index in [-0.39, 0.29) is 12.4 Å². The fraction of sp³-hybridized carbons (Fsp3) is 0.500. The second-order valence-corrected chi connectivity index (χ2v) is 3.48. The van der Waals surface area contributed by atoms with Crippen LogP contribution in [0.2, 0.25) is 0 Å². The van der Waals surface area contributed by atoms with Gasteiger partial charge in [0.05, 0.1) is 26.9 Å². The molecule has 0 bridgehead atoms. The van der Waals surface area contributed by atoms with Crippen molar-refractivity contribution in [3.05, 3.63) is 11.9 Å². The summed E-state index contributed by atoms with van der Waals surface area (Å²) in [4.78, 5) is 19.5. The molecule has 1 aromatic rings. The maximum absolute atomic E-state index is 11.5. The van der Waals surface area contributed by atoms with Gasteiger partial charge in [0.25, 0.3) is 0 Å². The number of esters is 1. The number of rotatable bonds is 5. The quantitative estimate of drug-likeness (QED) is 0.628. The van der Waals surface area contributed by atoms with Gasteiger partial charge in [0, 0.05) is 0 Å². The van der Waals surface area contributed by atoms with E-state index in [2.05, 4.69) is 22.6 Å². The van der Waals surface area contributed by atoms with Gasteiger partial charge in [-0.2, -0.15) is 22.6 Å². The summed E-state index contributed by atoms with van der Waals surface area (Å²) in [6.45, 7) is 1.99. The molecule has 94 valence electrons. The SMILES string of the molecule is CCOC(=O)C(S)c1nc(OC)cc(OC)n1. The van der Waals surface area contributed by atoms with Gasteiger partial charge < -0.3 is 14.2 Å². The van der Waals surface area contributed by atoms with Crippen molar-refractivity contribution in [1.82, 2.24) is 9.97 Å². The second kappa shape index (κ2) is 6.29. The van der Waals surface area contributed by atoms with E-state index >= 15 is 0 Å². The summed E-state index contributed by atoms with van der Waals surface area (Å²) in [5.41, 5.74) is 0. The zero-order chi connectivity index (χ0) is 12.8. The van der Waals surface area contributed by atoms with Crippen LogP contribution in [0.3, 0.4) is 0 Å². The molecule has 0 spiro atoms. The van der Waals surface area contributed by atoms with Gasteiger partial charge in [-0.1, -0.05) is 0 Å². The molecule has 0 amide bonds. The molecule has 7 heteroatoms. The van der Waals surface area contributed by atoms with E-state index in [0.717, 1.165) is 0 Å². The van der Waals surface area contributed by atoms with Gasteiger partial charge in [-0.3, -0.25) is 4.79 Å². The lowest BCUT2D eigenvalue weighted by Gasteiger charge is -2.10. The minimum absolute atomic E-state index is 0.183. The van der Waals surface area contributed by atoms with Crippen molar-refractivity contribution in [1.29, 1.82) is 0 Å². The van der Waals surface area contributed by atoms with E-state index in [4.69, 9.17) is 14.2 Å². The van der Waals surface area contributed by atoms with Crippen molar-refractivity contribution in [2.24, 2.45) is 0 Å². The molecule has 0 saturated carbocycles. The highest BCUT2D eigenvalue weighted by molar-refractivity contribution is 7.81. The lowest BCUT2D eigenvalue weighted by atomic mass is 10.4. The summed E-state index contributed by atoms with van der Waals surface area (Å²) in [7, 11) is 2.92. The zero-order valence-electron chi connectivity index (χ0n) is 9.84. The van der Waals surface area contributed by atoms with Gasteiger partial charge in [-0.05, 0) is 6.92 Å². The summed E-state index contributed by atoms with van der Waals surface area (Å²) < 4.78 is 14.8. The van der Waals surface area contributed by atoms with Crippen LogP contribution in [0, 0.1) is 0 Å². The molecule has 0 aliphatic rings. The third-order valence-corrected chi connectivity index (χ3v) is 2.31. The van der Waals surface area contributed by atoms with Crippen LogP contribution in [0.5, 0.6) is 11.8 Å². The maximum Gasteiger partial charge on any atom is 0.326 e. The van der Waals surface area contributed by atoms with Crippen LogP contribution in [-0.4, -0.2) is 36.8 Å². The lowest BCUT2D eigenvalue weighted by molar-refractivity contribution is -0.142. The monoisotopic (exact) mass is 258 g/mol. The Bertz CT molecular complexity index is 378. The first kappa shape index (κ1) is 13.6. The smallest absolute Gasteiger partial charge is 0.326 e. The molecule has 1 unspecified atom stereocenters. The van der Waals surface area contributed by atoms with E-state index in [1.165, 1.54) is 20.3 Å². The highest BCUT2D eigenvalue weighted by atomic mass is 32.1. The Kier molecular flexibility index (Phi) is 5.02. The largest absolute Gasteiger partial charge is 0.481 e. The number of thiol groups is 1. The topological polar surface area (TPSA) is 70.5 Å². The van der Waals surface area contributed by atoms with Crippen LogP contribution < -0.4 is 9.47 Å². The van der Waals surface area contributed by atoms with E-state index in [1.54, 1.807) is 6.92 Å². The van der Waals surface area contributed by atoms with Gasteiger partial charge in [0.2, 0.25) is 11.8 Å². The minimum atomic E-state index is -0.862. The summed E-state index contributed by atoms with van der Waals surface area (Å²) in [5.74, 6) is 0.277. The molecule has 0 N–H and O–H groups in total. The molecule has 17 heavy (non-hydrogen) atoms. The fourth-order valence-corrected chi connectivity index (χ4v) is 1.27. The first-order chi connectivity index (χ1) is 8.12. The molecule has 0 aliphatic heterocycles. The highest BCUT2D eigenvalue weighted by Crippen LogP contribution is 2.23. The second-order valence-electron chi connectivity index (χ2n) is 2.97. The third kappa shape index (κ3) is 3.48. The first-order valence-electron chi connectivity index (χ1n) is 4.94. The number of carbonyl (C=O) groups excluding carboxylic acids is 1. The van der Waals surface area contributed by atoms with Gasteiger partial charge >= 0.3 is 5.97 Å². The van der Waals surface area contributed by atoms with Crippen LogP contribution in [0.4, 0.5) is 0 Å². The van der Waals surface area contributed by atoms with Crippen LogP contribution in [0.25, 0.3) is 0 Å². The standard InChI is InChI=1S/C10H14N2O4S/c1-4-16-10(13)8(17)9-11-6(14-2)5-7(12-9)15-3/h5,8,17H,4H2,1-3H3. The Labute approximate surface area is 105 Å². The predicted molar refractivity (Wildman–Crippen MR) is 63.5 cm³/mol. The molecule has 1 atom stereocenters. The zero-order valence-corrected chi connectivity index (χ0v) is 10.7. The van der Waals surface area contributed by atoms with Gasteiger partial charge in [0.1, 0.15) is 0 Å². The number of carbonyl (C=O) groups is 1. The number of methoxy groups -OCH3 is 2. The number of aromatic nitrogens is 2. The number of hydrogen-bond acceptors (Lipinski definition) is 7. The highest BCUT2D eigenvalue weighted by Gasteiger charge is 2.22. The molecule has 1 heterocycles. The molecule has 0 saturated heterocycles. The van der Waals surface area contributed by atoms with E-state index < -0.39 is 11.2 Å². The fourth-order valence-electron chi connectivity index (χ4n) is 1.08. The summed E-state index contributed by atoms with van der Waals surface area (Å²) >= 11 is 4.11. The Hall–Kier alpha value is -1.50. The van der Waals surface area contributed by atoms with Crippen LogP contribution in [0.15, 0.2) is 6.07 Å². The Morgan fingerprint density at radius 2 is 1.88 bits per heavy atom. The first-order valence-corrected chi connectivity index (χ1v) is 5.45. The Morgan fingerprint density at radius 1 is 1.35 bits per heavy atom. The van der Waals surface area contributed by atoms with Gasteiger partial charge in [0.15, 0.2) is 11.1 Å². The van der Waals surface area contributed by atoms with Crippen LogP contribution >= 0.6 is 12.6 Å². The third-order valence-electron chi connectivity index (χ3n) is 1.87. The molecule has 1 aromatic heterocycles. The van der Waals surface area contributed by atoms with Gasteiger partial charge in [-0.15, -0.1) is 0 Å². The average Bonchev–Trinajstić information content (AvgIpc) is 2.37. The van der Waals surface area contributed by atoms with E-state index in [0.29, 0.717) is 11.8 Å². The number of nitrogens with zero attached hydrogens (tertiary/aromatic N) is 2. The summed E-state index contributed by atoms with van der Waals surface area (Å²) in [6.07, 6.45) is 0.